The minimum Gasteiger partial charge on any atom is -0.449 e. The topological polar surface area (TPSA) is 181 Å². The molecule has 3 aliphatic heterocycles. The molecule has 0 aromatic carbocycles. The van der Waals surface area contributed by atoms with Gasteiger partial charge in [-0.15, -0.1) is 0 Å². The lowest BCUT2D eigenvalue weighted by atomic mass is 9.85. The Morgan fingerprint density at radius 1 is 1.11 bits per heavy atom. The van der Waals surface area contributed by atoms with E-state index in [4.69, 9.17) is 9.47 Å². The standard InChI is InChI=1S/C39H59N5O9S/c1-9-13-25-14-11-12-17-38(7,8)23-52-35(48)40-31(37(4,5)6)33(46)44-21-27(53-36(49)43-20-24(3)29(25)22-43)18-30(44)32(45)41-39(19-26(39)10-2)34(47)42-54(50,51)28-15-16-28/h9,13,26-28,30-31H,1,10-12,14-23H2,2-8H3,(H,40,48)(H,41,45)(H,42,47). The van der Waals surface area contributed by atoms with Gasteiger partial charge in [-0.3, -0.25) is 24.0 Å². The van der Waals surface area contributed by atoms with Crippen molar-refractivity contribution in [3.8, 4) is 0 Å². The molecule has 0 radical (unpaired) electrons. The van der Waals surface area contributed by atoms with Crippen LogP contribution in [0, 0.1) is 16.7 Å². The first-order valence-electron chi connectivity index (χ1n) is 19.3. The number of hydrogen-bond donors (Lipinski definition) is 3. The van der Waals surface area contributed by atoms with Crippen molar-refractivity contribution in [2.24, 2.45) is 16.7 Å². The summed E-state index contributed by atoms with van der Waals surface area (Å²) in [5.41, 5.74) is 0.556. The number of fused-ring (bicyclic) bond motifs is 4. The van der Waals surface area contributed by atoms with Crippen LogP contribution < -0.4 is 15.4 Å². The van der Waals surface area contributed by atoms with E-state index in [0.717, 1.165) is 42.4 Å². The van der Waals surface area contributed by atoms with E-state index in [9.17, 15) is 32.4 Å². The maximum absolute atomic E-state index is 14.5. The van der Waals surface area contributed by atoms with Crippen molar-refractivity contribution in [2.45, 2.75) is 135 Å². The number of amides is 5. The summed E-state index contributed by atoms with van der Waals surface area (Å²) in [7, 11) is -3.88. The Balaban J connectivity index is 1.44. The highest BCUT2D eigenvalue weighted by molar-refractivity contribution is 7.91. The highest BCUT2D eigenvalue weighted by atomic mass is 32.2. The second-order valence-electron chi connectivity index (χ2n) is 17.6. The fourth-order valence-corrected chi connectivity index (χ4v) is 9.22. The zero-order chi connectivity index (χ0) is 39.8. The molecule has 0 spiro atoms. The van der Waals surface area contributed by atoms with Gasteiger partial charge in [0.2, 0.25) is 21.8 Å². The summed E-state index contributed by atoms with van der Waals surface area (Å²) in [5, 5.41) is 4.94. The van der Waals surface area contributed by atoms with Crippen LogP contribution in [0.3, 0.4) is 0 Å². The molecule has 5 unspecified atom stereocenters. The van der Waals surface area contributed by atoms with Crippen LogP contribution in [-0.2, 0) is 33.9 Å². The summed E-state index contributed by atoms with van der Waals surface area (Å²) in [6, 6.07) is -2.32. The Morgan fingerprint density at radius 3 is 2.43 bits per heavy atom. The second-order valence-corrected chi connectivity index (χ2v) is 19.6. The number of nitrogens with one attached hydrogen (secondary N) is 3. The minimum absolute atomic E-state index is 0.0671. The van der Waals surface area contributed by atoms with Gasteiger partial charge in [-0.2, -0.15) is 0 Å². The van der Waals surface area contributed by atoms with Crippen molar-refractivity contribution in [2.75, 3.05) is 26.2 Å². The molecule has 5 aliphatic rings. The first-order valence-corrected chi connectivity index (χ1v) is 20.8. The van der Waals surface area contributed by atoms with E-state index in [2.05, 4.69) is 21.9 Å². The molecule has 3 heterocycles. The summed E-state index contributed by atoms with van der Waals surface area (Å²) in [4.78, 5) is 72.2. The zero-order valence-electron chi connectivity index (χ0n) is 32.9. The third-order valence-corrected chi connectivity index (χ3v) is 13.3. The van der Waals surface area contributed by atoms with Crippen LogP contribution >= 0.6 is 0 Å². The van der Waals surface area contributed by atoms with E-state index in [-0.39, 0.29) is 37.3 Å². The third kappa shape index (κ3) is 9.31. The van der Waals surface area contributed by atoms with Gasteiger partial charge in [0.15, 0.2) is 0 Å². The van der Waals surface area contributed by atoms with E-state index in [0.29, 0.717) is 32.4 Å². The van der Waals surface area contributed by atoms with E-state index >= 15 is 0 Å². The molecule has 15 heteroatoms. The molecule has 14 nitrogen and oxygen atoms in total. The molecule has 5 atom stereocenters. The summed E-state index contributed by atoms with van der Waals surface area (Å²) < 4.78 is 39.3. The number of allylic oxidation sites excluding steroid dienone is 2. The van der Waals surface area contributed by atoms with Crippen LogP contribution in [-0.4, -0.2) is 103 Å². The van der Waals surface area contributed by atoms with Crippen molar-refractivity contribution >= 4 is 39.9 Å². The quantitative estimate of drug-likeness (QED) is 0.337. The third-order valence-electron chi connectivity index (χ3n) is 11.4. The van der Waals surface area contributed by atoms with Crippen molar-refractivity contribution < 1.29 is 41.9 Å². The lowest BCUT2D eigenvalue weighted by Crippen LogP contribution is -2.60. The molecule has 2 saturated heterocycles. The van der Waals surface area contributed by atoms with Crippen molar-refractivity contribution in [1.29, 1.82) is 0 Å². The number of cyclic esters (lactones) is 1. The molecular weight excluding hydrogens is 715 g/mol. The normalized spacial score (nSPS) is 30.6. The van der Waals surface area contributed by atoms with Crippen molar-refractivity contribution in [3.05, 3.63) is 35.5 Å². The smallest absolute Gasteiger partial charge is 0.410 e. The largest absolute Gasteiger partial charge is 0.449 e. The van der Waals surface area contributed by atoms with Crippen molar-refractivity contribution in [1.82, 2.24) is 25.2 Å². The Kier molecular flexibility index (Phi) is 12.0. The lowest BCUT2D eigenvalue weighted by Gasteiger charge is -2.35. The van der Waals surface area contributed by atoms with Gasteiger partial charge in [0.25, 0.3) is 5.91 Å². The first-order chi connectivity index (χ1) is 25.2. The number of hydrogen-bond acceptors (Lipinski definition) is 9. The predicted octanol–water partition coefficient (Wildman–Crippen LogP) is 4.47. The molecule has 300 valence electrons. The molecule has 4 bridgehead atoms. The van der Waals surface area contributed by atoms with Crippen LogP contribution in [0.1, 0.15) is 106 Å². The van der Waals surface area contributed by atoms with Gasteiger partial charge in [0.05, 0.1) is 18.4 Å². The minimum atomic E-state index is -3.88. The Hall–Kier alpha value is -3.88. The summed E-state index contributed by atoms with van der Waals surface area (Å²) in [6.07, 6.45) is 6.44. The average molecular weight is 774 g/mol. The molecule has 0 aromatic rings. The number of rotatable bonds is 7. The van der Waals surface area contributed by atoms with Gasteiger partial charge in [0, 0.05) is 19.5 Å². The van der Waals surface area contributed by atoms with Gasteiger partial charge in [-0.25, -0.2) is 18.0 Å². The molecule has 5 amide bonds. The van der Waals surface area contributed by atoms with Gasteiger partial charge in [0.1, 0.15) is 23.7 Å². The van der Waals surface area contributed by atoms with Gasteiger partial charge in [-0.05, 0) is 78.9 Å². The van der Waals surface area contributed by atoms with E-state index in [1.54, 1.807) is 31.7 Å². The molecular formula is C39H59N5O9S. The Bertz CT molecular complexity index is 1710. The highest BCUT2D eigenvalue weighted by Gasteiger charge is 2.62. The summed E-state index contributed by atoms with van der Waals surface area (Å²) in [6.45, 7) is 17.8. The summed E-state index contributed by atoms with van der Waals surface area (Å²) >= 11 is 0. The van der Waals surface area contributed by atoms with Gasteiger partial charge < -0.3 is 25.0 Å². The number of alkyl carbamates (subject to hydrolysis) is 1. The predicted molar refractivity (Wildman–Crippen MR) is 202 cm³/mol. The number of sulfonamides is 1. The van der Waals surface area contributed by atoms with Gasteiger partial charge >= 0.3 is 12.2 Å². The lowest BCUT2D eigenvalue weighted by molar-refractivity contribution is -0.143. The van der Waals surface area contributed by atoms with E-state index in [1.807, 2.05) is 33.8 Å². The van der Waals surface area contributed by atoms with Crippen LogP contribution in [0.4, 0.5) is 9.59 Å². The first kappa shape index (κ1) is 41.3. The average Bonchev–Trinajstić information content (AvgIpc) is 3.99. The SMILES string of the molecule is C=CC=C1CCCCC(C)(C)COC(=O)NC(C(C)(C)C)C(=O)N2CC(CC2C(=O)NC2(C(=O)NS(=O)(=O)C3CC3)CC2CC)OC(=O)N2CC(C)=C1C2. The van der Waals surface area contributed by atoms with Gasteiger partial charge in [-0.1, -0.05) is 73.1 Å². The fourth-order valence-electron chi connectivity index (χ4n) is 7.86. The molecule has 0 aromatic heterocycles. The molecule has 5 rings (SSSR count). The Labute approximate surface area is 319 Å². The van der Waals surface area contributed by atoms with E-state index in [1.165, 1.54) is 4.90 Å². The summed E-state index contributed by atoms with van der Waals surface area (Å²) in [5.74, 6) is -2.36. The molecule has 3 N–H and O–H groups in total. The highest BCUT2D eigenvalue weighted by Crippen LogP contribution is 2.47. The number of carbonyl (C=O) groups is 5. The molecule has 4 fully saturated rings. The van der Waals surface area contributed by atoms with Crippen LogP contribution in [0.2, 0.25) is 0 Å². The molecule has 54 heavy (non-hydrogen) atoms. The number of carbonyl (C=O) groups excluding carboxylic acids is 5. The number of nitrogens with zero attached hydrogens (tertiary/aromatic N) is 2. The second kappa shape index (κ2) is 15.7. The van der Waals surface area contributed by atoms with Crippen LogP contribution in [0.15, 0.2) is 35.5 Å². The Morgan fingerprint density at radius 2 is 1.81 bits per heavy atom. The zero-order valence-corrected chi connectivity index (χ0v) is 33.7. The van der Waals surface area contributed by atoms with Crippen molar-refractivity contribution in [3.63, 3.8) is 0 Å². The van der Waals surface area contributed by atoms with E-state index < -0.39 is 74.3 Å². The molecule has 2 aliphatic carbocycles. The van der Waals surface area contributed by atoms with Crippen LogP contribution in [0.25, 0.3) is 0 Å². The fraction of sp³-hybridized carbons (Fsp3) is 0.718. The number of ether oxygens (including phenoxy) is 2. The molecule has 2 saturated carbocycles. The maximum Gasteiger partial charge on any atom is 0.410 e. The monoisotopic (exact) mass is 773 g/mol. The van der Waals surface area contributed by atoms with Crippen LogP contribution in [0.5, 0.6) is 0 Å². The maximum atomic E-state index is 14.5.